The Morgan fingerprint density at radius 1 is 1.04 bits per heavy atom. The van der Waals surface area contributed by atoms with E-state index in [0.717, 1.165) is 32.1 Å². The van der Waals surface area contributed by atoms with Crippen LogP contribution >= 0.6 is 0 Å². The quantitative estimate of drug-likeness (QED) is 0.166. The smallest absolute Gasteiger partial charge is 0.240 e. The molecule has 5 saturated carbocycles. The topological polar surface area (TPSA) is 164 Å². The van der Waals surface area contributed by atoms with E-state index in [9.17, 15) is 30.0 Å². The fraction of sp³-hybridized carbons (Fsp3) is 0.946. The molecule has 0 radical (unpaired) electrons. The lowest BCUT2D eigenvalue weighted by Gasteiger charge is -2.62. The average molecular weight is 695 g/mol. The minimum absolute atomic E-state index is 0.0494. The fourth-order valence-corrected chi connectivity index (χ4v) is 10.9. The molecule has 12 heteroatoms. The second-order valence-electron chi connectivity index (χ2n) is 17.2. The summed E-state index contributed by atoms with van der Waals surface area (Å²) in [7, 11) is 5.85. The first-order chi connectivity index (χ1) is 23.2. The van der Waals surface area contributed by atoms with Gasteiger partial charge in [-0.05, 0) is 101 Å². The van der Waals surface area contributed by atoms with Crippen molar-refractivity contribution in [2.24, 2.45) is 52.8 Å². The molecule has 1 saturated heterocycles. The van der Waals surface area contributed by atoms with Gasteiger partial charge in [0.15, 0.2) is 0 Å². The van der Waals surface area contributed by atoms with E-state index in [1.165, 1.54) is 6.42 Å². The zero-order valence-corrected chi connectivity index (χ0v) is 31.0. The molecular formula is C37H66N4O8. The van der Waals surface area contributed by atoms with Crippen molar-refractivity contribution in [3.05, 3.63) is 0 Å². The van der Waals surface area contributed by atoms with Crippen LogP contribution in [0.4, 0.5) is 0 Å². The number of rotatable bonds is 13. The molecule has 6 fully saturated rings. The van der Waals surface area contributed by atoms with E-state index < -0.39 is 30.2 Å². The van der Waals surface area contributed by atoms with Gasteiger partial charge in [-0.1, -0.05) is 27.2 Å². The third kappa shape index (κ3) is 7.87. The molecule has 0 aromatic heterocycles. The van der Waals surface area contributed by atoms with Crippen molar-refractivity contribution in [3.63, 3.8) is 0 Å². The van der Waals surface area contributed by atoms with Gasteiger partial charge in [-0.3, -0.25) is 14.4 Å². The highest BCUT2D eigenvalue weighted by Crippen LogP contribution is 2.61. The lowest BCUT2D eigenvalue weighted by Crippen LogP contribution is -2.62. The molecule has 6 rings (SSSR count). The van der Waals surface area contributed by atoms with Crippen LogP contribution in [0.25, 0.3) is 0 Å². The molecule has 2 bridgehead atoms. The maximum atomic E-state index is 14.2. The zero-order chi connectivity index (χ0) is 35.8. The summed E-state index contributed by atoms with van der Waals surface area (Å²) in [5.74, 6) is 0.926. The monoisotopic (exact) mass is 694 g/mol. The van der Waals surface area contributed by atoms with Gasteiger partial charge in [0.2, 0.25) is 11.8 Å². The molecule has 14 atom stereocenters. The number of hydrogen-bond donors (Lipinski definition) is 6. The fourth-order valence-electron chi connectivity index (χ4n) is 10.9. The van der Waals surface area contributed by atoms with Crippen LogP contribution in [-0.2, 0) is 19.2 Å². The van der Waals surface area contributed by atoms with Gasteiger partial charge in [0.25, 0.3) is 0 Å². The minimum atomic E-state index is -0.851. The van der Waals surface area contributed by atoms with Crippen molar-refractivity contribution in [3.8, 4) is 0 Å². The number of ether oxygens (including phenoxy) is 1. The largest absolute Gasteiger partial charge is 0.394 e. The normalized spacial score (nSPS) is 41.4. The molecule has 6 aliphatic rings. The lowest BCUT2D eigenvalue weighted by molar-refractivity contribution is -0.193. The maximum Gasteiger partial charge on any atom is 0.240 e. The first kappa shape index (κ1) is 38.8. The van der Waals surface area contributed by atoms with Gasteiger partial charge in [-0.25, -0.2) is 0 Å². The van der Waals surface area contributed by atoms with Crippen LogP contribution in [0.15, 0.2) is 0 Å². The minimum Gasteiger partial charge on any atom is -0.394 e. The molecule has 2 amide bonds. The Labute approximate surface area is 293 Å². The van der Waals surface area contributed by atoms with Crippen molar-refractivity contribution in [1.29, 1.82) is 0 Å². The second-order valence-corrected chi connectivity index (χ2v) is 17.2. The van der Waals surface area contributed by atoms with Crippen LogP contribution in [0.5, 0.6) is 0 Å². The predicted molar refractivity (Wildman–Crippen MR) is 185 cm³/mol. The molecule has 0 aromatic rings. The van der Waals surface area contributed by atoms with Gasteiger partial charge in [-0.2, -0.15) is 5.06 Å². The highest BCUT2D eigenvalue weighted by atomic mass is 16.7. The number of nitrogens with one attached hydrogen (secondary N) is 2. The molecule has 1 heterocycles. The van der Waals surface area contributed by atoms with E-state index in [0.29, 0.717) is 42.6 Å². The highest BCUT2D eigenvalue weighted by molar-refractivity contribution is 5.83. The Morgan fingerprint density at radius 3 is 2.33 bits per heavy atom. The van der Waals surface area contributed by atoms with Crippen molar-refractivity contribution in [2.75, 3.05) is 47.6 Å². The van der Waals surface area contributed by atoms with E-state index in [1.54, 1.807) is 19.1 Å². The number of nitrogens with zero attached hydrogens (tertiary/aromatic N) is 2. The Morgan fingerprint density at radius 2 is 1.76 bits per heavy atom. The van der Waals surface area contributed by atoms with Crippen LogP contribution in [0, 0.1) is 52.8 Å². The summed E-state index contributed by atoms with van der Waals surface area (Å²) in [6.45, 7) is 8.15. The molecule has 0 aromatic carbocycles. The molecule has 282 valence electrons. The summed E-state index contributed by atoms with van der Waals surface area (Å²) < 4.78 is 6.30. The molecular weight excluding hydrogens is 628 g/mol. The van der Waals surface area contributed by atoms with Crippen molar-refractivity contribution in [1.82, 2.24) is 20.6 Å². The molecule has 5 aliphatic carbocycles. The molecule has 0 spiro atoms. The highest BCUT2D eigenvalue weighted by Gasteiger charge is 2.58. The lowest BCUT2D eigenvalue weighted by atomic mass is 9.45. The van der Waals surface area contributed by atoms with Crippen LogP contribution in [0.2, 0.25) is 0 Å². The summed E-state index contributed by atoms with van der Waals surface area (Å²) in [5, 5.41) is 48.4. The van der Waals surface area contributed by atoms with Crippen LogP contribution in [0.3, 0.4) is 0 Å². The van der Waals surface area contributed by atoms with Crippen LogP contribution < -0.4 is 10.6 Å². The molecule has 49 heavy (non-hydrogen) atoms. The summed E-state index contributed by atoms with van der Waals surface area (Å²) in [6.07, 6.45) is 5.73. The Balaban J connectivity index is 1.32. The summed E-state index contributed by atoms with van der Waals surface area (Å²) in [4.78, 5) is 36.1. The number of aliphatic hydroxyl groups excluding tert-OH is 4. The third-order valence-corrected chi connectivity index (χ3v) is 14.0. The van der Waals surface area contributed by atoms with Gasteiger partial charge < -0.3 is 40.7 Å². The second kappa shape index (κ2) is 16.1. The van der Waals surface area contributed by atoms with Gasteiger partial charge >= 0.3 is 0 Å². The van der Waals surface area contributed by atoms with E-state index in [2.05, 4.69) is 36.3 Å². The van der Waals surface area contributed by atoms with Crippen molar-refractivity contribution >= 4 is 11.8 Å². The summed E-state index contributed by atoms with van der Waals surface area (Å²) in [6, 6.07) is -1.12. The number of carbonyl (C=O) groups is 2. The van der Waals surface area contributed by atoms with E-state index in [-0.39, 0.29) is 73.5 Å². The Kier molecular flexibility index (Phi) is 12.8. The van der Waals surface area contributed by atoms with Gasteiger partial charge in [0.1, 0.15) is 12.1 Å². The summed E-state index contributed by atoms with van der Waals surface area (Å²) >= 11 is 0. The predicted octanol–water partition coefficient (Wildman–Crippen LogP) is 1.39. The van der Waals surface area contributed by atoms with Crippen LogP contribution in [0.1, 0.15) is 79.1 Å². The Hall–Kier alpha value is -1.38. The van der Waals surface area contributed by atoms with Gasteiger partial charge in [0, 0.05) is 43.5 Å². The third-order valence-electron chi connectivity index (χ3n) is 14.0. The van der Waals surface area contributed by atoms with Gasteiger partial charge in [0.05, 0.1) is 38.1 Å². The summed E-state index contributed by atoms with van der Waals surface area (Å²) in [5.41, 5.74) is 0.302. The van der Waals surface area contributed by atoms with E-state index in [4.69, 9.17) is 9.57 Å². The molecule has 12 nitrogen and oxygen atoms in total. The van der Waals surface area contributed by atoms with Crippen molar-refractivity contribution in [2.45, 2.75) is 122 Å². The standard InChI is InChI=1S/C37H66N4O8/c1-20-29-14-25(37(29,3)4)15-30(20)39-36(47)33-32(21(2)45)31(19-44)49-41(33)16-22-9-8-10-28(34(22)48-7)23-11-24(13-27(12-23)40(5)6)35(46)38-26(17-42)18-43/h20-34,42-45H,8-19H2,1-7H3,(H,38,46)(H,39,47)/t20-,21-,22?,23?,24?,25+,27?,28?,29-,30-,31-,32+,33-,34?/m0/s1. The SMILES string of the molecule is COC1C(CN2O[C@@H](CO)[C@@H]([C@H](C)O)[C@H]2C(=O)N[C@H]2C[C@H]3C[C@@H]([C@@H]2C)C3(C)C)CCCC1C1CC(C(=O)NC(CO)CO)CC(N(C)C)C1. The van der Waals surface area contributed by atoms with Crippen molar-refractivity contribution < 1.29 is 39.6 Å². The number of hydroxylamine groups is 2. The molecule has 6 unspecified atom stereocenters. The first-order valence-corrected chi connectivity index (χ1v) is 19.0. The number of carbonyl (C=O) groups excluding carboxylic acids is 2. The first-order valence-electron chi connectivity index (χ1n) is 19.0. The van der Waals surface area contributed by atoms with Crippen LogP contribution in [-0.4, -0.2) is 132 Å². The number of fused-ring (bicyclic) bond motifs is 2. The molecule has 1 aliphatic heterocycles. The number of aliphatic hydroxyl groups is 4. The van der Waals surface area contributed by atoms with Gasteiger partial charge in [-0.15, -0.1) is 0 Å². The Bertz CT molecular complexity index is 1120. The van der Waals surface area contributed by atoms with E-state index in [1.807, 2.05) is 14.1 Å². The zero-order valence-electron chi connectivity index (χ0n) is 31.0. The number of amides is 2. The number of methoxy groups -OCH3 is 1. The average Bonchev–Trinajstić information content (AvgIpc) is 3.45. The van der Waals surface area contributed by atoms with E-state index >= 15 is 0 Å². The maximum absolute atomic E-state index is 14.2. The number of hydrogen-bond acceptors (Lipinski definition) is 10. The molecule has 6 N–H and O–H groups in total.